The fourth-order valence-corrected chi connectivity index (χ4v) is 2.09. The summed E-state index contributed by atoms with van der Waals surface area (Å²) in [7, 11) is 2.14. The number of nitrogens with one attached hydrogen (secondary N) is 1. The first kappa shape index (κ1) is 9.16. The first-order chi connectivity index (χ1) is 6.27. The monoisotopic (exact) mass is 182 g/mol. The third-order valence-corrected chi connectivity index (χ3v) is 3.32. The Hall–Kier alpha value is -0.410. The predicted molar refractivity (Wildman–Crippen MR) is 51.7 cm³/mol. The summed E-state index contributed by atoms with van der Waals surface area (Å²) >= 11 is 0. The van der Waals surface area contributed by atoms with E-state index >= 15 is 0 Å². The normalized spacial score (nSPS) is 29.7. The van der Waals surface area contributed by atoms with Gasteiger partial charge >= 0.3 is 0 Å². The van der Waals surface area contributed by atoms with Gasteiger partial charge in [-0.2, -0.15) is 0 Å². The van der Waals surface area contributed by atoms with Crippen LogP contribution in [0.25, 0.3) is 0 Å². The minimum atomic E-state index is 0.116. The number of Topliss-reactive ketones (excluding diaryl/α,β-unsaturated/α-hetero) is 1. The van der Waals surface area contributed by atoms with Crippen molar-refractivity contribution in [1.29, 1.82) is 0 Å². The van der Waals surface area contributed by atoms with Crippen molar-refractivity contribution in [2.24, 2.45) is 0 Å². The van der Waals surface area contributed by atoms with Crippen LogP contribution in [0.5, 0.6) is 0 Å². The largest absolute Gasteiger partial charge is 0.306 e. The predicted octanol–water partition coefficient (Wildman–Crippen LogP) is 0.402. The second-order valence-corrected chi connectivity index (χ2v) is 4.25. The molecule has 0 amide bonds. The van der Waals surface area contributed by atoms with Crippen molar-refractivity contribution >= 4 is 5.78 Å². The van der Waals surface area contributed by atoms with E-state index in [0.29, 0.717) is 5.78 Å². The molecule has 1 N–H and O–H groups in total. The Morgan fingerprint density at radius 2 is 2.31 bits per heavy atom. The van der Waals surface area contributed by atoms with Crippen molar-refractivity contribution < 1.29 is 4.79 Å². The maximum Gasteiger partial charge on any atom is 0.152 e. The SMILES string of the molecule is CN(CC1NCCC1=O)C1CCC1. The van der Waals surface area contributed by atoms with Gasteiger partial charge in [-0.05, 0) is 19.9 Å². The zero-order valence-electron chi connectivity index (χ0n) is 8.25. The quantitative estimate of drug-likeness (QED) is 0.686. The molecule has 74 valence electrons. The molecule has 0 bridgehead atoms. The van der Waals surface area contributed by atoms with E-state index in [1.54, 1.807) is 0 Å². The van der Waals surface area contributed by atoms with Gasteiger partial charge in [0.1, 0.15) is 0 Å². The lowest BCUT2D eigenvalue weighted by Crippen LogP contribution is -2.45. The van der Waals surface area contributed by atoms with Crippen molar-refractivity contribution in [1.82, 2.24) is 10.2 Å². The van der Waals surface area contributed by atoms with Gasteiger partial charge in [0.15, 0.2) is 5.78 Å². The molecule has 1 heterocycles. The smallest absolute Gasteiger partial charge is 0.152 e. The standard InChI is InChI=1S/C10H18N2O/c1-12(8-3-2-4-8)7-9-10(13)5-6-11-9/h8-9,11H,2-7H2,1H3. The Kier molecular flexibility index (Phi) is 2.65. The average molecular weight is 182 g/mol. The molecule has 3 heteroatoms. The fraction of sp³-hybridized carbons (Fsp3) is 0.900. The topological polar surface area (TPSA) is 32.3 Å². The van der Waals surface area contributed by atoms with Crippen molar-refractivity contribution in [3.05, 3.63) is 0 Å². The third kappa shape index (κ3) is 1.92. The van der Waals surface area contributed by atoms with Gasteiger partial charge in [0.2, 0.25) is 0 Å². The highest BCUT2D eigenvalue weighted by molar-refractivity contribution is 5.86. The van der Waals surface area contributed by atoms with Crippen LogP contribution in [0.3, 0.4) is 0 Å². The number of carbonyl (C=O) groups is 1. The Morgan fingerprint density at radius 3 is 2.77 bits per heavy atom. The highest BCUT2D eigenvalue weighted by atomic mass is 16.1. The Morgan fingerprint density at radius 1 is 1.54 bits per heavy atom. The number of nitrogens with zero attached hydrogens (tertiary/aromatic N) is 1. The van der Waals surface area contributed by atoms with Crippen LogP contribution in [0, 0.1) is 0 Å². The number of hydrogen-bond acceptors (Lipinski definition) is 3. The molecule has 0 radical (unpaired) electrons. The van der Waals surface area contributed by atoms with Gasteiger partial charge in [-0.25, -0.2) is 0 Å². The van der Waals surface area contributed by atoms with Crippen LogP contribution in [-0.2, 0) is 4.79 Å². The second kappa shape index (κ2) is 3.76. The summed E-state index contributed by atoms with van der Waals surface area (Å²) in [5.41, 5.74) is 0. The molecule has 0 aromatic rings. The zero-order chi connectivity index (χ0) is 9.26. The van der Waals surface area contributed by atoms with Gasteiger partial charge in [-0.3, -0.25) is 4.79 Å². The van der Waals surface area contributed by atoms with Crippen LogP contribution in [0.2, 0.25) is 0 Å². The lowest BCUT2D eigenvalue weighted by atomic mass is 9.91. The molecule has 3 nitrogen and oxygen atoms in total. The number of carbonyl (C=O) groups excluding carboxylic acids is 1. The summed E-state index contributed by atoms with van der Waals surface area (Å²) in [4.78, 5) is 13.7. The molecule has 1 aliphatic carbocycles. The minimum absolute atomic E-state index is 0.116. The van der Waals surface area contributed by atoms with Gasteiger partial charge in [0, 0.05) is 25.6 Å². The van der Waals surface area contributed by atoms with Crippen LogP contribution >= 0.6 is 0 Å². The van der Waals surface area contributed by atoms with E-state index in [4.69, 9.17) is 0 Å². The highest BCUT2D eigenvalue weighted by Crippen LogP contribution is 2.23. The first-order valence-electron chi connectivity index (χ1n) is 5.23. The molecule has 2 aliphatic rings. The molecule has 1 aliphatic heterocycles. The van der Waals surface area contributed by atoms with E-state index in [1.807, 2.05) is 0 Å². The van der Waals surface area contributed by atoms with Crippen LogP contribution in [0.4, 0.5) is 0 Å². The number of likely N-dealkylation sites (N-methyl/N-ethyl adjacent to an activating group) is 1. The molecule has 0 aromatic heterocycles. The Bertz CT molecular complexity index is 201. The Labute approximate surface area is 79.5 Å². The van der Waals surface area contributed by atoms with Crippen LogP contribution in [0.15, 0.2) is 0 Å². The summed E-state index contributed by atoms with van der Waals surface area (Å²) in [6.45, 7) is 1.78. The summed E-state index contributed by atoms with van der Waals surface area (Å²) in [5, 5.41) is 3.25. The molecule has 1 unspecified atom stereocenters. The summed E-state index contributed by atoms with van der Waals surface area (Å²) < 4.78 is 0. The number of hydrogen-bond donors (Lipinski definition) is 1. The summed E-state index contributed by atoms with van der Waals surface area (Å²) in [6.07, 6.45) is 4.72. The van der Waals surface area contributed by atoms with Crippen LogP contribution in [-0.4, -0.2) is 42.9 Å². The van der Waals surface area contributed by atoms with Crippen molar-refractivity contribution in [3.8, 4) is 0 Å². The molecule has 0 aromatic carbocycles. The van der Waals surface area contributed by atoms with Gasteiger partial charge in [-0.15, -0.1) is 0 Å². The molecule has 1 saturated heterocycles. The van der Waals surface area contributed by atoms with E-state index in [2.05, 4.69) is 17.3 Å². The first-order valence-corrected chi connectivity index (χ1v) is 5.23. The molecular formula is C10H18N2O. The molecule has 2 rings (SSSR count). The van der Waals surface area contributed by atoms with Gasteiger partial charge in [0.25, 0.3) is 0 Å². The zero-order valence-corrected chi connectivity index (χ0v) is 8.25. The van der Waals surface area contributed by atoms with Gasteiger partial charge in [-0.1, -0.05) is 6.42 Å². The van der Waals surface area contributed by atoms with Gasteiger partial charge in [0.05, 0.1) is 6.04 Å². The molecule has 13 heavy (non-hydrogen) atoms. The van der Waals surface area contributed by atoms with Crippen LogP contribution < -0.4 is 5.32 Å². The lowest BCUT2D eigenvalue weighted by molar-refractivity contribution is -0.119. The maximum absolute atomic E-state index is 11.3. The number of rotatable bonds is 3. The average Bonchev–Trinajstić information content (AvgIpc) is 2.32. The summed E-state index contributed by atoms with van der Waals surface area (Å²) in [5.74, 6) is 0.395. The van der Waals surface area contributed by atoms with E-state index in [0.717, 1.165) is 25.6 Å². The maximum atomic E-state index is 11.3. The van der Waals surface area contributed by atoms with E-state index in [-0.39, 0.29) is 6.04 Å². The van der Waals surface area contributed by atoms with Crippen molar-refractivity contribution in [3.63, 3.8) is 0 Å². The van der Waals surface area contributed by atoms with Crippen LogP contribution in [0.1, 0.15) is 25.7 Å². The highest BCUT2D eigenvalue weighted by Gasteiger charge is 2.29. The van der Waals surface area contributed by atoms with Crippen molar-refractivity contribution in [2.45, 2.75) is 37.8 Å². The fourth-order valence-electron chi connectivity index (χ4n) is 2.09. The molecule has 1 atom stereocenters. The molecule has 1 saturated carbocycles. The molecule has 2 fully saturated rings. The summed E-state index contributed by atoms with van der Waals surface area (Å²) in [6, 6.07) is 0.862. The number of ketones is 1. The Balaban J connectivity index is 1.79. The third-order valence-electron chi connectivity index (χ3n) is 3.32. The van der Waals surface area contributed by atoms with E-state index < -0.39 is 0 Å². The van der Waals surface area contributed by atoms with E-state index in [1.165, 1.54) is 19.3 Å². The lowest BCUT2D eigenvalue weighted by Gasteiger charge is -2.35. The minimum Gasteiger partial charge on any atom is -0.306 e. The van der Waals surface area contributed by atoms with E-state index in [9.17, 15) is 4.79 Å². The van der Waals surface area contributed by atoms with Gasteiger partial charge < -0.3 is 10.2 Å². The van der Waals surface area contributed by atoms with Crippen molar-refractivity contribution in [2.75, 3.05) is 20.1 Å². The molecular weight excluding hydrogens is 164 g/mol. The molecule has 0 spiro atoms. The second-order valence-electron chi connectivity index (χ2n) is 4.25.